The molecule has 0 saturated heterocycles. The molecular weight excluding hydrogens is 701 g/mol. The van der Waals surface area contributed by atoms with Gasteiger partial charge in [0.15, 0.2) is 6.10 Å². The number of unbranched alkanes of at least 4 members (excludes halogenated alkanes) is 20. The molecule has 12 nitrogen and oxygen atoms in total. The number of carbonyl (C=O) groups excluding carboxylic acids is 2. The lowest BCUT2D eigenvalue weighted by Gasteiger charge is -2.20. The molecule has 0 rings (SSSR count). The van der Waals surface area contributed by atoms with E-state index in [2.05, 4.69) is 30.5 Å². The van der Waals surface area contributed by atoms with Crippen LogP contribution in [0.4, 0.5) is 0 Å². The SMILES string of the molecule is CCCCC/C=C/CC(O)CCCCCCCCC(=O)OC(COC(=O)CCCCCCCCCCCCCCC)COP(=O)(O)OCC(N)C(=O)O. The van der Waals surface area contributed by atoms with E-state index in [4.69, 9.17) is 24.8 Å². The number of carboxylic acid groups (broad SMARTS) is 1. The van der Waals surface area contributed by atoms with Gasteiger partial charge in [0.2, 0.25) is 0 Å². The molecule has 4 unspecified atom stereocenters. The van der Waals surface area contributed by atoms with Crippen LogP contribution in [0, 0.1) is 0 Å². The Morgan fingerprint density at radius 3 is 1.66 bits per heavy atom. The number of nitrogens with two attached hydrogens (primary N) is 1. The van der Waals surface area contributed by atoms with Crippen LogP contribution in [0.25, 0.3) is 0 Å². The second kappa shape index (κ2) is 35.9. The number of phosphoric ester groups is 1. The lowest BCUT2D eigenvalue weighted by atomic mass is 10.0. The van der Waals surface area contributed by atoms with Crippen LogP contribution in [0.5, 0.6) is 0 Å². The number of ether oxygens (including phenoxy) is 2. The number of esters is 2. The van der Waals surface area contributed by atoms with Crippen molar-refractivity contribution >= 4 is 25.7 Å². The second-order valence-electron chi connectivity index (χ2n) is 14.3. The Balaban J connectivity index is 4.43. The maximum absolute atomic E-state index is 12.6. The Hall–Kier alpha value is -1.82. The number of aliphatic carboxylic acids is 1. The van der Waals surface area contributed by atoms with Gasteiger partial charge in [0, 0.05) is 12.8 Å². The summed E-state index contributed by atoms with van der Waals surface area (Å²) in [6.07, 6.45) is 30.0. The molecule has 5 N–H and O–H groups in total. The van der Waals surface area contributed by atoms with Crippen LogP contribution in [-0.2, 0) is 37.5 Å². The summed E-state index contributed by atoms with van der Waals surface area (Å²) in [5.74, 6) is -2.43. The number of rotatable bonds is 39. The third-order valence-corrected chi connectivity index (χ3v) is 10.0. The first-order valence-corrected chi connectivity index (χ1v) is 22.3. The van der Waals surface area contributed by atoms with Gasteiger partial charge in [-0.2, -0.15) is 0 Å². The highest BCUT2D eigenvalue weighted by Gasteiger charge is 2.28. The fourth-order valence-corrected chi connectivity index (χ4v) is 6.50. The summed E-state index contributed by atoms with van der Waals surface area (Å²) in [6, 6.07) is -1.53. The number of phosphoric acid groups is 1. The molecule has 0 aromatic heterocycles. The van der Waals surface area contributed by atoms with Gasteiger partial charge >= 0.3 is 25.7 Å². The number of aliphatic hydroxyl groups is 1. The number of hydrogen-bond acceptors (Lipinski definition) is 10. The molecule has 0 aromatic carbocycles. The van der Waals surface area contributed by atoms with Crippen molar-refractivity contribution in [3.8, 4) is 0 Å². The van der Waals surface area contributed by atoms with E-state index < -0.39 is 51.1 Å². The van der Waals surface area contributed by atoms with E-state index in [0.717, 1.165) is 64.2 Å². The van der Waals surface area contributed by atoms with Gasteiger partial charge in [-0.25, -0.2) is 4.57 Å². The monoisotopic (exact) mass is 778 g/mol. The van der Waals surface area contributed by atoms with Crippen molar-refractivity contribution in [1.29, 1.82) is 0 Å². The molecule has 0 aromatic rings. The van der Waals surface area contributed by atoms with Crippen molar-refractivity contribution in [2.24, 2.45) is 5.73 Å². The number of allylic oxidation sites excluding steroid dienone is 1. The molecule has 0 saturated carbocycles. The first-order valence-electron chi connectivity index (χ1n) is 20.8. The highest BCUT2D eigenvalue weighted by molar-refractivity contribution is 7.47. The fraction of sp³-hybridized carbons (Fsp3) is 0.875. The van der Waals surface area contributed by atoms with E-state index >= 15 is 0 Å². The van der Waals surface area contributed by atoms with Crippen LogP contribution in [-0.4, -0.2) is 71.1 Å². The Labute approximate surface area is 320 Å². The summed E-state index contributed by atoms with van der Waals surface area (Å²) >= 11 is 0. The van der Waals surface area contributed by atoms with E-state index in [1.165, 1.54) is 77.0 Å². The largest absolute Gasteiger partial charge is 0.480 e. The van der Waals surface area contributed by atoms with Crippen LogP contribution >= 0.6 is 7.82 Å². The van der Waals surface area contributed by atoms with Crippen LogP contribution in [0.3, 0.4) is 0 Å². The van der Waals surface area contributed by atoms with Gasteiger partial charge in [-0.1, -0.05) is 148 Å². The Morgan fingerprint density at radius 2 is 1.11 bits per heavy atom. The van der Waals surface area contributed by atoms with E-state index in [-0.39, 0.29) is 25.6 Å². The van der Waals surface area contributed by atoms with Crippen LogP contribution in [0.15, 0.2) is 12.2 Å². The highest BCUT2D eigenvalue weighted by atomic mass is 31.2. The fourth-order valence-electron chi connectivity index (χ4n) is 5.72. The summed E-state index contributed by atoms with van der Waals surface area (Å²) < 4.78 is 32.6. The molecule has 0 amide bonds. The first kappa shape index (κ1) is 51.2. The van der Waals surface area contributed by atoms with E-state index in [1.54, 1.807) is 0 Å². The van der Waals surface area contributed by atoms with Gasteiger partial charge in [0.05, 0.1) is 19.3 Å². The van der Waals surface area contributed by atoms with Crippen molar-refractivity contribution < 1.29 is 52.6 Å². The molecule has 0 aliphatic rings. The van der Waals surface area contributed by atoms with Crippen LogP contribution in [0.1, 0.15) is 187 Å². The van der Waals surface area contributed by atoms with E-state index in [9.17, 15) is 28.9 Å². The van der Waals surface area contributed by atoms with E-state index in [0.29, 0.717) is 19.3 Å². The highest BCUT2D eigenvalue weighted by Crippen LogP contribution is 2.43. The predicted molar refractivity (Wildman–Crippen MR) is 209 cm³/mol. The Bertz CT molecular complexity index is 980. The molecule has 0 aliphatic heterocycles. The van der Waals surface area contributed by atoms with Gasteiger partial charge in [-0.05, 0) is 38.5 Å². The molecule has 312 valence electrons. The molecule has 0 spiro atoms. The summed E-state index contributed by atoms with van der Waals surface area (Å²) in [4.78, 5) is 45.8. The van der Waals surface area contributed by atoms with Crippen LogP contribution in [0.2, 0.25) is 0 Å². The molecule has 0 aliphatic carbocycles. The van der Waals surface area contributed by atoms with Gasteiger partial charge < -0.3 is 30.3 Å². The lowest BCUT2D eigenvalue weighted by molar-refractivity contribution is -0.161. The third-order valence-electron chi connectivity index (χ3n) is 9.09. The maximum Gasteiger partial charge on any atom is 0.472 e. The molecule has 0 fully saturated rings. The summed E-state index contributed by atoms with van der Waals surface area (Å²) in [6.45, 7) is 2.69. The third kappa shape index (κ3) is 35.6. The number of hydrogen-bond donors (Lipinski definition) is 4. The Morgan fingerprint density at radius 1 is 0.642 bits per heavy atom. The first-order chi connectivity index (χ1) is 25.5. The zero-order chi connectivity index (χ0) is 39.4. The molecule has 4 atom stereocenters. The zero-order valence-corrected chi connectivity index (χ0v) is 34.1. The van der Waals surface area contributed by atoms with Crippen molar-refractivity contribution in [2.45, 2.75) is 205 Å². The van der Waals surface area contributed by atoms with Gasteiger partial charge in [0.25, 0.3) is 0 Å². The minimum absolute atomic E-state index is 0.119. The van der Waals surface area contributed by atoms with Crippen molar-refractivity contribution in [1.82, 2.24) is 0 Å². The summed E-state index contributed by atoms with van der Waals surface area (Å²) in [5, 5.41) is 19.0. The second-order valence-corrected chi connectivity index (χ2v) is 15.8. The normalized spacial score (nSPS) is 14.5. The van der Waals surface area contributed by atoms with E-state index in [1.807, 2.05) is 0 Å². The van der Waals surface area contributed by atoms with Gasteiger partial charge in [-0.3, -0.25) is 23.4 Å². The van der Waals surface area contributed by atoms with Crippen molar-refractivity contribution in [3.63, 3.8) is 0 Å². The number of carbonyl (C=O) groups is 3. The smallest absolute Gasteiger partial charge is 0.472 e. The van der Waals surface area contributed by atoms with Crippen LogP contribution < -0.4 is 5.73 Å². The van der Waals surface area contributed by atoms with Crippen molar-refractivity contribution in [2.75, 3.05) is 19.8 Å². The molecule has 0 bridgehead atoms. The van der Waals surface area contributed by atoms with Gasteiger partial charge in [-0.15, -0.1) is 0 Å². The topological polar surface area (TPSA) is 192 Å². The molecule has 53 heavy (non-hydrogen) atoms. The number of aliphatic hydroxyl groups excluding tert-OH is 1. The molecule has 13 heteroatoms. The zero-order valence-electron chi connectivity index (χ0n) is 33.2. The Kier molecular flexibility index (Phi) is 34.6. The maximum atomic E-state index is 12.6. The molecule has 0 heterocycles. The average Bonchev–Trinajstić information content (AvgIpc) is 3.12. The number of carboxylic acids is 1. The average molecular weight is 778 g/mol. The summed E-state index contributed by atoms with van der Waals surface area (Å²) in [7, 11) is -4.73. The van der Waals surface area contributed by atoms with Gasteiger partial charge in [0.1, 0.15) is 12.6 Å². The minimum atomic E-state index is -4.73. The quantitative estimate of drug-likeness (QED) is 0.0200. The molecule has 0 radical (unpaired) electrons. The standard InChI is InChI=1S/C40H76NO11P/c1-3-5-7-9-11-12-13-14-15-16-17-22-26-30-38(43)49-32-36(33-50-53(47,48)51-34-37(41)40(45)46)52-39(44)31-27-23-19-18-21-25-29-35(42)28-24-20-10-8-6-4-2/h20,24,35-37,42H,3-19,21-23,25-34,41H2,1-2H3,(H,45,46)(H,47,48)/b24-20+. The predicted octanol–water partition coefficient (Wildman–Crippen LogP) is 9.48. The lowest BCUT2D eigenvalue weighted by Crippen LogP contribution is -2.34. The minimum Gasteiger partial charge on any atom is -0.480 e. The van der Waals surface area contributed by atoms with Crippen molar-refractivity contribution in [3.05, 3.63) is 12.2 Å². The summed E-state index contributed by atoms with van der Waals surface area (Å²) in [5.41, 5.74) is 5.32. The molecular formula is C40H76NO11P.